The molecule has 0 atom stereocenters. The molecule has 0 saturated carbocycles. The van der Waals surface area contributed by atoms with Crippen LogP contribution in [0.1, 0.15) is 0 Å². The molecule has 0 amide bonds. The van der Waals surface area contributed by atoms with Crippen molar-refractivity contribution in [1.82, 2.24) is 0 Å². The van der Waals surface area contributed by atoms with Gasteiger partial charge in [0.15, 0.2) is 0 Å². The Morgan fingerprint density at radius 2 is 2.00 bits per heavy atom. The molecule has 0 spiro atoms. The Hall–Kier alpha value is 0.895. The topological polar surface area (TPSA) is 20.2 Å². The van der Waals surface area contributed by atoms with Crippen LogP contribution < -0.4 is 0 Å². The van der Waals surface area contributed by atoms with Crippen molar-refractivity contribution in [3.05, 3.63) is 0 Å². The van der Waals surface area contributed by atoms with Crippen LogP contribution in [0.4, 0.5) is 0 Å². The van der Waals surface area contributed by atoms with E-state index in [1.165, 1.54) is 0 Å². The van der Waals surface area contributed by atoms with Crippen molar-refractivity contribution in [3.8, 4) is 0 Å². The fourth-order valence-electron chi connectivity index (χ4n) is 0. The molecule has 0 fully saturated rings. The molecule has 20 valence electrons. The molecule has 4 heavy (non-hydrogen) atoms. The molecule has 2 heteroatoms. The fourth-order valence-corrected chi connectivity index (χ4v) is 0. The number of aliphatic hydroxyl groups excluding tert-OH is 1. The van der Waals surface area contributed by atoms with Crippen LogP contribution in [0.5, 0.6) is 0 Å². The summed E-state index contributed by atoms with van der Waals surface area (Å²) in [7, 11) is 0. The van der Waals surface area contributed by atoms with E-state index in [9.17, 15) is 0 Å². The van der Waals surface area contributed by atoms with Crippen molar-refractivity contribution < 1.29 is 31.2 Å². The van der Waals surface area contributed by atoms with E-state index in [1.807, 2.05) is 0 Å². The zero-order valence-corrected chi connectivity index (χ0v) is 8.07. The van der Waals surface area contributed by atoms with Crippen LogP contribution >= 0.6 is 0 Å². The van der Waals surface area contributed by atoms with Crippen molar-refractivity contribution in [1.29, 1.82) is 0 Å². The van der Waals surface area contributed by atoms with Gasteiger partial charge in [0.25, 0.3) is 0 Å². The van der Waals surface area contributed by atoms with E-state index in [4.69, 9.17) is 5.11 Å². The normalized spacial score (nSPS) is 7.75. The standard InChI is InChI=1S/C2H5O.Hg/c1-2-3;/h3H,1-2H2;/q;+1. The molecule has 0 aromatic heterocycles. The average molecular weight is 246 g/mol. The van der Waals surface area contributed by atoms with Gasteiger partial charge in [-0.05, 0) is 0 Å². The summed E-state index contributed by atoms with van der Waals surface area (Å²) in [5.41, 5.74) is 0. The van der Waals surface area contributed by atoms with Gasteiger partial charge in [-0.1, -0.05) is 0 Å². The van der Waals surface area contributed by atoms with Crippen LogP contribution in [-0.2, 0) is 26.1 Å². The zero-order valence-electron chi connectivity index (χ0n) is 2.57. The maximum atomic E-state index is 7.92. The molecule has 0 aromatic rings. The van der Waals surface area contributed by atoms with Crippen molar-refractivity contribution in [2.24, 2.45) is 0 Å². The zero-order chi connectivity index (χ0) is 3.41. The van der Waals surface area contributed by atoms with Crippen LogP contribution in [0.3, 0.4) is 0 Å². The molecule has 0 heterocycles. The van der Waals surface area contributed by atoms with Crippen molar-refractivity contribution >= 4 is 0 Å². The molecule has 0 aromatic carbocycles. The van der Waals surface area contributed by atoms with E-state index in [0.29, 0.717) is 6.61 Å². The Morgan fingerprint density at radius 3 is 2.00 bits per heavy atom. The second-order valence-corrected chi connectivity index (χ2v) is 3.33. The summed E-state index contributed by atoms with van der Waals surface area (Å²) >= 11 is 0.823. The first kappa shape index (κ1) is 4.90. The third kappa shape index (κ3) is 2.90. The third-order valence-corrected chi connectivity index (χ3v) is 1.39. The Morgan fingerprint density at radius 1 is 1.75 bits per heavy atom. The molecule has 1 nitrogen and oxygen atoms in total. The van der Waals surface area contributed by atoms with E-state index < -0.39 is 0 Å². The van der Waals surface area contributed by atoms with Crippen LogP contribution in [0, 0.1) is 0 Å². The van der Waals surface area contributed by atoms with E-state index >= 15 is 0 Å². The monoisotopic (exact) mass is 247 g/mol. The Labute approximate surface area is 42.0 Å². The summed E-state index contributed by atoms with van der Waals surface area (Å²) in [6.45, 7) is 0.406. The van der Waals surface area contributed by atoms with Gasteiger partial charge in [-0.15, -0.1) is 0 Å². The van der Waals surface area contributed by atoms with E-state index in [-0.39, 0.29) is 0 Å². The van der Waals surface area contributed by atoms with Crippen molar-refractivity contribution in [2.75, 3.05) is 6.61 Å². The van der Waals surface area contributed by atoms with Gasteiger partial charge in [0, 0.05) is 0 Å². The Kier molecular flexibility index (Phi) is 4.77. The molecular weight excluding hydrogens is 241 g/mol. The summed E-state index contributed by atoms with van der Waals surface area (Å²) in [5.74, 6) is 0. The van der Waals surface area contributed by atoms with Gasteiger partial charge in [0.2, 0.25) is 0 Å². The second-order valence-electron chi connectivity index (χ2n) is 0.577. The summed E-state index contributed by atoms with van der Waals surface area (Å²) < 4.78 is 1.07. The van der Waals surface area contributed by atoms with Gasteiger partial charge in [0.05, 0.1) is 0 Å². The molecule has 1 N–H and O–H groups in total. The molecule has 0 aliphatic heterocycles. The number of rotatable bonds is 1. The predicted molar refractivity (Wildman–Crippen MR) is 11.9 cm³/mol. The average Bonchev–Trinajstić information content (AvgIpc) is 1.37. The SMILES string of the molecule is OC[CH2][Hg+]. The van der Waals surface area contributed by atoms with Crippen LogP contribution in [0.15, 0.2) is 0 Å². The number of hydrogen-bond donors (Lipinski definition) is 1. The molecule has 0 saturated heterocycles. The number of aliphatic hydroxyl groups is 1. The second kappa shape index (κ2) is 3.90. The van der Waals surface area contributed by atoms with Crippen LogP contribution in [0.25, 0.3) is 0 Å². The van der Waals surface area contributed by atoms with Crippen molar-refractivity contribution in [2.45, 2.75) is 3.93 Å². The van der Waals surface area contributed by atoms with Crippen LogP contribution in [-0.4, -0.2) is 11.7 Å². The van der Waals surface area contributed by atoms with Gasteiger partial charge in [-0.25, -0.2) is 0 Å². The quantitative estimate of drug-likeness (QED) is 0.642. The van der Waals surface area contributed by atoms with E-state index in [2.05, 4.69) is 0 Å². The minimum atomic E-state index is 0.406. The van der Waals surface area contributed by atoms with E-state index in [0.717, 1.165) is 30.1 Å². The first-order valence-corrected chi connectivity index (χ1v) is 5.20. The van der Waals surface area contributed by atoms with Crippen molar-refractivity contribution in [3.63, 3.8) is 0 Å². The molecule has 0 bridgehead atoms. The number of hydrogen-bond acceptors (Lipinski definition) is 1. The first-order chi connectivity index (χ1) is 1.91. The molecule has 0 radical (unpaired) electrons. The molecule has 0 aliphatic carbocycles. The molecule has 0 unspecified atom stereocenters. The summed E-state index contributed by atoms with van der Waals surface area (Å²) in [6.07, 6.45) is 0. The molecular formula is C2H5HgO+. The Balaban J connectivity index is 1.97. The maximum absolute atomic E-state index is 7.92. The predicted octanol–water partition coefficient (Wildman–Crippen LogP) is -0.0562. The third-order valence-electron chi connectivity index (χ3n) is 0.158. The van der Waals surface area contributed by atoms with E-state index in [1.54, 1.807) is 0 Å². The molecule has 0 aliphatic rings. The van der Waals surface area contributed by atoms with Crippen LogP contribution in [0.2, 0.25) is 3.93 Å². The Bertz CT molecular complexity index is 8.00. The van der Waals surface area contributed by atoms with Gasteiger partial charge in [-0.2, -0.15) is 0 Å². The summed E-state index contributed by atoms with van der Waals surface area (Å²) in [5, 5.41) is 7.92. The fraction of sp³-hybridized carbons (Fsp3) is 1.00. The van der Waals surface area contributed by atoms with Gasteiger partial charge < -0.3 is 0 Å². The van der Waals surface area contributed by atoms with Gasteiger partial charge >= 0.3 is 41.8 Å². The first-order valence-electron chi connectivity index (χ1n) is 1.32. The summed E-state index contributed by atoms with van der Waals surface area (Å²) in [6, 6.07) is 0. The summed E-state index contributed by atoms with van der Waals surface area (Å²) in [4.78, 5) is 0. The molecule has 0 rings (SSSR count). The minimum absolute atomic E-state index is 0.406. The van der Waals surface area contributed by atoms with Gasteiger partial charge in [0.1, 0.15) is 0 Å². The van der Waals surface area contributed by atoms with Gasteiger partial charge in [-0.3, -0.25) is 0 Å².